The lowest BCUT2D eigenvalue weighted by atomic mass is 10.3. The summed E-state index contributed by atoms with van der Waals surface area (Å²) in [4.78, 5) is 8.46. The van der Waals surface area contributed by atoms with Crippen LogP contribution in [0.15, 0.2) is 11.1 Å². The lowest BCUT2D eigenvalue weighted by molar-refractivity contribution is 0.611. The van der Waals surface area contributed by atoms with E-state index < -0.39 is 9.05 Å². The third-order valence-corrected chi connectivity index (χ3v) is 4.13. The van der Waals surface area contributed by atoms with Crippen LogP contribution in [-0.2, 0) is 15.5 Å². The maximum Gasteiger partial charge on any atom is 0.233 e. The molecular weight excluding hydrogens is 268 g/mol. The Bertz CT molecular complexity index is 463. The van der Waals surface area contributed by atoms with Crippen LogP contribution in [0.3, 0.4) is 0 Å². The zero-order valence-corrected chi connectivity index (χ0v) is 11.5. The van der Waals surface area contributed by atoms with E-state index in [1.54, 1.807) is 0 Å². The van der Waals surface area contributed by atoms with Crippen LogP contribution in [0.2, 0.25) is 0 Å². The Hall–Kier alpha value is -0.330. The minimum absolute atomic E-state index is 0.0519. The number of hydrogen-bond donors (Lipinski definition) is 0. The van der Waals surface area contributed by atoms with E-state index in [1.165, 1.54) is 11.8 Å². The van der Waals surface area contributed by atoms with E-state index in [2.05, 4.69) is 9.97 Å². The maximum atomic E-state index is 10.7. The van der Waals surface area contributed by atoms with Gasteiger partial charge in [-0.1, -0.05) is 6.92 Å². The number of thioether (sulfide) groups is 1. The molecule has 0 aliphatic heterocycles. The van der Waals surface area contributed by atoms with Crippen LogP contribution < -0.4 is 0 Å². The van der Waals surface area contributed by atoms with Gasteiger partial charge in [0.15, 0.2) is 0 Å². The molecule has 0 saturated heterocycles. The second kappa shape index (κ2) is 5.84. The van der Waals surface area contributed by atoms with Gasteiger partial charge in [-0.25, -0.2) is 18.4 Å². The molecule has 0 N–H and O–H groups in total. The molecular formula is C9H13ClN2O2S2. The summed E-state index contributed by atoms with van der Waals surface area (Å²) in [6, 6.07) is 1.87. The third kappa shape index (κ3) is 5.14. The van der Waals surface area contributed by atoms with Crippen LogP contribution >= 0.6 is 22.4 Å². The van der Waals surface area contributed by atoms with Crippen molar-refractivity contribution in [3.8, 4) is 0 Å². The van der Waals surface area contributed by atoms with Crippen LogP contribution in [0, 0.1) is 6.92 Å². The summed E-state index contributed by atoms with van der Waals surface area (Å²) in [6.07, 6.45) is 0.838. The first-order valence-electron chi connectivity index (χ1n) is 4.80. The Morgan fingerprint density at radius 2 is 2.12 bits per heavy atom. The summed E-state index contributed by atoms with van der Waals surface area (Å²) >= 11 is 1.38. The molecule has 1 aromatic heterocycles. The summed E-state index contributed by atoms with van der Waals surface area (Å²) in [5.74, 6) is 1.06. The smallest absolute Gasteiger partial charge is 0.233 e. The summed E-state index contributed by atoms with van der Waals surface area (Å²) < 4.78 is 21.5. The molecule has 0 spiro atoms. The fraction of sp³-hybridized carbons (Fsp3) is 0.556. The van der Waals surface area contributed by atoms with Crippen molar-refractivity contribution < 1.29 is 8.42 Å². The van der Waals surface area contributed by atoms with Crippen molar-refractivity contribution in [1.29, 1.82) is 0 Å². The highest BCUT2D eigenvalue weighted by molar-refractivity contribution is 8.14. The standard InChI is InChI=1S/C9H13ClN2O2S2/c1-3-8-6-9(12-7(2)11-8)15-4-5-16(10,13)14/h6H,3-5H2,1-2H3. The quantitative estimate of drug-likeness (QED) is 0.469. The van der Waals surface area contributed by atoms with Crippen molar-refractivity contribution in [2.45, 2.75) is 25.3 Å². The molecule has 90 valence electrons. The predicted molar refractivity (Wildman–Crippen MR) is 66.5 cm³/mol. The number of rotatable bonds is 5. The molecule has 0 bridgehead atoms. The van der Waals surface area contributed by atoms with Gasteiger partial charge in [-0.05, 0) is 19.4 Å². The van der Waals surface area contributed by atoms with E-state index in [0.717, 1.165) is 17.1 Å². The van der Waals surface area contributed by atoms with Crippen LogP contribution in [0.4, 0.5) is 0 Å². The highest BCUT2D eigenvalue weighted by atomic mass is 35.7. The van der Waals surface area contributed by atoms with Gasteiger partial charge in [0.25, 0.3) is 0 Å². The van der Waals surface area contributed by atoms with Crippen molar-refractivity contribution >= 4 is 31.5 Å². The molecule has 0 radical (unpaired) electrons. The van der Waals surface area contributed by atoms with Gasteiger partial charge in [-0.3, -0.25) is 0 Å². The van der Waals surface area contributed by atoms with E-state index in [4.69, 9.17) is 10.7 Å². The average molecular weight is 281 g/mol. The number of halogens is 1. The molecule has 16 heavy (non-hydrogen) atoms. The molecule has 1 heterocycles. The average Bonchev–Trinajstić information content (AvgIpc) is 2.14. The summed E-state index contributed by atoms with van der Waals surface area (Å²) in [7, 11) is 1.70. The lowest BCUT2D eigenvalue weighted by Gasteiger charge is -2.03. The fourth-order valence-electron chi connectivity index (χ4n) is 1.10. The molecule has 0 fully saturated rings. The zero-order valence-electron chi connectivity index (χ0n) is 9.10. The summed E-state index contributed by atoms with van der Waals surface area (Å²) in [5, 5.41) is 0.796. The first-order valence-corrected chi connectivity index (χ1v) is 8.27. The largest absolute Gasteiger partial charge is 0.238 e. The number of nitrogens with zero attached hydrogens (tertiary/aromatic N) is 2. The molecule has 7 heteroatoms. The second-order valence-corrected chi connectivity index (χ2v) is 7.20. The molecule has 0 saturated carbocycles. The molecule has 0 aliphatic rings. The molecule has 1 rings (SSSR count). The molecule has 4 nitrogen and oxygen atoms in total. The van der Waals surface area contributed by atoms with E-state index in [0.29, 0.717) is 11.6 Å². The van der Waals surface area contributed by atoms with E-state index >= 15 is 0 Å². The minimum Gasteiger partial charge on any atom is -0.238 e. The Morgan fingerprint density at radius 1 is 1.44 bits per heavy atom. The predicted octanol–water partition coefficient (Wildman–Crippen LogP) is 2.01. The van der Waals surface area contributed by atoms with Gasteiger partial charge in [0, 0.05) is 22.1 Å². The van der Waals surface area contributed by atoms with E-state index in [1.807, 2.05) is 19.9 Å². The maximum absolute atomic E-state index is 10.7. The lowest BCUT2D eigenvalue weighted by Crippen LogP contribution is -2.01. The van der Waals surface area contributed by atoms with E-state index in [-0.39, 0.29) is 5.75 Å². The van der Waals surface area contributed by atoms with Crippen LogP contribution in [-0.4, -0.2) is 29.9 Å². The SMILES string of the molecule is CCc1cc(SCCS(=O)(=O)Cl)nc(C)n1. The second-order valence-electron chi connectivity index (χ2n) is 3.19. The topological polar surface area (TPSA) is 59.9 Å². The van der Waals surface area contributed by atoms with E-state index in [9.17, 15) is 8.42 Å². The van der Waals surface area contributed by atoms with Gasteiger partial charge in [0.1, 0.15) is 5.82 Å². The highest BCUT2D eigenvalue weighted by Gasteiger charge is 2.07. The van der Waals surface area contributed by atoms with Crippen molar-refractivity contribution in [2.24, 2.45) is 0 Å². The Balaban J connectivity index is 2.63. The molecule has 0 atom stereocenters. The number of aromatic nitrogens is 2. The van der Waals surface area contributed by atoms with Crippen molar-refractivity contribution in [3.05, 3.63) is 17.6 Å². The first-order chi connectivity index (χ1) is 7.40. The number of hydrogen-bond acceptors (Lipinski definition) is 5. The van der Waals surface area contributed by atoms with Gasteiger partial charge < -0.3 is 0 Å². The molecule has 0 amide bonds. The summed E-state index contributed by atoms with van der Waals surface area (Å²) in [6.45, 7) is 3.83. The van der Waals surface area contributed by atoms with Crippen LogP contribution in [0.25, 0.3) is 0 Å². The minimum atomic E-state index is -3.41. The fourth-order valence-corrected chi connectivity index (χ4v) is 3.42. The Labute approximate surface area is 104 Å². The third-order valence-electron chi connectivity index (χ3n) is 1.81. The van der Waals surface area contributed by atoms with Crippen LogP contribution in [0.5, 0.6) is 0 Å². The highest BCUT2D eigenvalue weighted by Crippen LogP contribution is 2.17. The van der Waals surface area contributed by atoms with Crippen molar-refractivity contribution in [2.75, 3.05) is 11.5 Å². The van der Waals surface area contributed by atoms with Gasteiger partial charge in [0.05, 0.1) is 10.8 Å². The Kier molecular flexibility index (Phi) is 5.01. The van der Waals surface area contributed by atoms with Gasteiger partial charge in [0.2, 0.25) is 9.05 Å². The molecule has 0 aromatic carbocycles. The number of aryl methyl sites for hydroxylation is 2. The molecule has 0 aliphatic carbocycles. The first kappa shape index (κ1) is 13.7. The van der Waals surface area contributed by atoms with Gasteiger partial charge in [-0.15, -0.1) is 11.8 Å². The van der Waals surface area contributed by atoms with Crippen molar-refractivity contribution in [3.63, 3.8) is 0 Å². The normalized spacial score (nSPS) is 11.7. The van der Waals surface area contributed by atoms with Gasteiger partial charge in [-0.2, -0.15) is 0 Å². The van der Waals surface area contributed by atoms with Crippen LogP contribution in [0.1, 0.15) is 18.4 Å². The van der Waals surface area contributed by atoms with Gasteiger partial charge >= 0.3 is 0 Å². The summed E-state index contributed by atoms with van der Waals surface area (Å²) in [5.41, 5.74) is 0.962. The Morgan fingerprint density at radius 3 is 2.69 bits per heavy atom. The molecule has 1 aromatic rings. The van der Waals surface area contributed by atoms with Crippen molar-refractivity contribution in [1.82, 2.24) is 9.97 Å². The zero-order chi connectivity index (χ0) is 12.2. The monoisotopic (exact) mass is 280 g/mol. The molecule has 0 unspecified atom stereocenters.